The van der Waals surface area contributed by atoms with Crippen molar-refractivity contribution < 1.29 is 10.2 Å². The molecular formula is C4H7Cl3F2. The van der Waals surface area contributed by atoms with Crippen LogP contribution < -0.4 is 0 Å². The number of alkyl halides is 3. The van der Waals surface area contributed by atoms with Gasteiger partial charge in [0.15, 0.2) is 5.29 Å². The summed E-state index contributed by atoms with van der Waals surface area (Å²) in [6.45, 7) is 3.71. The molecular weight excluding hydrogens is 192 g/mol. The Kier molecular flexibility index (Phi) is 7.13. The van der Waals surface area contributed by atoms with Crippen molar-refractivity contribution in [1.29, 1.82) is 0 Å². The lowest BCUT2D eigenvalue weighted by molar-refractivity contribution is 0.424. The summed E-state index contributed by atoms with van der Waals surface area (Å²) < 4.78 is 19.7. The highest BCUT2D eigenvalue weighted by Crippen LogP contribution is 2.19. The molecule has 0 unspecified atom stereocenters. The Labute approximate surface area is 68.9 Å². The van der Waals surface area contributed by atoms with Crippen molar-refractivity contribution in [3.05, 3.63) is 11.9 Å². The smallest absolute Gasteiger partial charge is 0.208 e. The van der Waals surface area contributed by atoms with Gasteiger partial charge in [0.25, 0.3) is 4.59 Å². The van der Waals surface area contributed by atoms with E-state index in [2.05, 4.69) is 41.4 Å². The van der Waals surface area contributed by atoms with E-state index in [4.69, 9.17) is 0 Å². The highest BCUT2D eigenvalue weighted by molar-refractivity contribution is 6.46. The molecule has 0 saturated heterocycles. The van der Waals surface area contributed by atoms with E-state index in [0.717, 1.165) is 6.92 Å². The van der Waals surface area contributed by atoms with E-state index in [0.29, 0.717) is 0 Å². The van der Waals surface area contributed by atoms with Crippen molar-refractivity contribution in [3.8, 4) is 0 Å². The second-order valence-electron chi connectivity index (χ2n) is 1.12. The molecule has 0 aromatic heterocycles. The van der Waals surface area contributed by atoms with Crippen molar-refractivity contribution in [3.63, 3.8) is 0 Å². The van der Waals surface area contributed by atoms with Crippen LogP contribution in [0.15, 0.2) is 11.9 Å². The Bertz CT molecular complexity index is 81.0. The third kappa shape index (κ3) is 1610. The first kappa shape index (κ1) is 12.2. The fourth-order valence-corrected chi connectivity index (χ4v) is 0. The van der Waals surface area contributed by atoms with Crippen LogP contribution in [0.25, 0.3) is 0 Å². The predicted molar refractivity (Wildman–Crippen MR) is 39.4 cm³/mol. The fraction of sp³-hybridized carbons (Fsp3) is 0.500. The summed E-state index contributed by atoms with van der Waals surface area (Å²) in [5.74, 6) is 0. The minimum atomic E-state index is -2.06. The highest BCUT2D eigenvalue weighted by Gasteiger charge is 2.09. The van der Waals surface area contributed by atoms with Gasteiger partial charge in [-0.1, -0.05) is 41.4 Å². The Morgan fingerprint density at radius 2 is 1.67 bits per heavy atom. The monoisotopic (exact) mass is 198 g/mol. The molecule has 0 atom stereocenters. The molecule has 9 heavy (non-hydrogen) atoms. The van der Waals surface area contributed by atoms with Gasteiger partial charge in [0, 0.05) is 1.43 Å². The van der Waals surface area contributed by atoms with Crippen molar-refractivity contribution in [2.75, 3.05) is 0 Å². The van der Waals surface area contributed by atoms with Crippen LogP contribution in [0, 0.1) is 0 Å². The topological polar surface area (TPSA) is 0 Å². The summed E-state index contributed by atoms with van der Waals surface area (Å²) >= 11 is 13.7. The van der Waals surface area contributed by atoms with E-state index in [9.17, 15) is 8.78 Å². The summed E-state index contributed by atoms with van der Waals surface area (Å²) in [5, 5.41) is -0.861. The Morgan fingerprint density at radius 3 is 1.67 bits per heavy atom. The van der Waals surface area contributed by atoms with Crippen LogP contribution in [-0.4, -0.2) is 4.59 Å². The van der Waals surface area contributed by atoms with E-state index < -0.39 is 9.87 Å². The normalized spacial score (nSPS) is 9.56. The van der Waals surface area contributed by atoms with Crippen molar-refractivity contribution in [2.45, 2.75) is 11.5 Å². The molecule has 0 saturated carbocycles. The molecule has 0 rings (SSSR count). The Hall–Kier alpha value is 0.470. The first-order chi connectivity index (χ1) is 3.73. The third-order valence-corrected chi connectivity index (χ3v) is 0. The molecule has 0 amide bonds. The fourth-order valence-electron chi connectivity index (χ4n) is 0. The molecule has 0 N–H and O–H groups in total. The average Bonchev–Trinajstić information content (AvgIpc) is 1.19. The zero-order valence-corrected chi connectivity index (χ0v) is 6.86. The Morgan fingerprint density at radius 1 is 1.67 bits per heavy atom. The molecule has 0 aliphatic carbocycles. The van der Waals surface area contributed by atoms with Crippen LogP contribution in [0.2, 0.25) is 0 Å². The van der Waals surface area contributed by atoms with Crippen molar-refractivity contribution in [2.24, 2.45) is 0 Å². The molecule has 0 fully saturated rings. The van der Waals surface area contributed by atoms with Crippen molar-refractivity contribution >= 4 is 34.8 Å². The van der Waals surface area contributed by atoms with Gasteiger partial charge < -0.3 is 0 Å². The lowest BCUT2D eigenvalue weighted by atomic mass is 10.9. The lowest BCUT2D eigenvalue weighted by Gasteiger charge is -1.92. The van der Waals surface area contributed by atoms with Crippen LogP contribution in [0.1, 0.15) is 8.35 Å². The van der Waals surface area contributed by atoms with E-state index in [1.54, 1.807) is 0 Å². The van der Waals surface area contributed by atoms with Crippen LogP contribution >= 0.6 is 34.8 Å². The molecule has 0 spiro atoms. The number of hydrogen-bond acceptors (Lipinski definition) is 0. The molecule has 0 aliphatic rings. The second-order valence-corrected chi connectivity index (χ2v) is 3.14. The molecule has 0 aliphatic heterocycles. The van der Waals surface area contributed by atoms with E-state index >= 15 is 0 Å². The standard InChI is InChI=1S/C2H3Cl2F.C2H2ClF.H2/c1-2(3,4)5;1-2(3)4;/h1H3;1H2;1H. The molecule has 0 bridgehead atoms. The zero-order chi connectivity index (χ0) is 8.08. The quantitative estimate of drug-likeness (QED) is 0.517. The second kappa shape index (κ2) is 5.27. The number of rotatable bonds is 0. The molecule has 0 aromatic rings. The predicted octanol–water partition coefficient (Wildman–Crippen LogP) is 4.02. The van der Waals surface area contributed by atoms with E-state index in [1.165, 1.54) is 0 Å². The van der Waals surface area contributed by atoms with Crippen LogP contribution in [0.3, 0.4) is 0 Å². The SMILES string of the molecule is C=C(F)Cl.CC(F)(Cl)Cl.[HH]. The van der Waals surface area contributed by atoms with Crippen molar-refractivity contribution in [1.82, 2.24) is 0 Å². The highest BCUT2D eigenvalue weighted by atomic mass is 35.5. The maximum atomic E-state index is 11.2. The van der Waals surface area contributed by atoms with Gasteiger partial charge in [-0.15, -0.1) is 0 Å². The first-order valence-electron chi connectivity index (χ1n) is 1.80. The lowest BCUT2D eigenvalue weighted by Crippen LogP contribution is -1.90. The minimum absolute atomic E-state index is 0. The number of halogens is 5. The van der Waals surface area contributed by atoms with Gasteiger partial charge in [0.1, 0.15) is 0 Å². The minimum Gasteiger partial charge on any atom is -0.208 e. The molecule has 5 heteroatoms. The molecule has 0 heterocycles. The average molecular weight is 199 g/mol. The van der Waals surface area contributed by atoms with E-state index in [1.807, 2.05) is 0 Å². The molecule has 58 valence electrons. The van der Waals surface area contributed by atoms with Gasteiger partial charge >= 0.3 is 0 Å². The third-order valence-electron chi connectivity index (χ3n) is 0. The summed E-state index contributed by atoms with van der Waals surface area (Å²) in [4.78, 5) is 0. The Balaban J connectivity index is -0.0000000910. The zero-order valence-electron chi connectivity index (χ0n) is 4.60. The van der Waals surface area contributed by atoms with Gasteiger partial charge in [-0.25, -0.2) is 4.39 Å². The first-order valence-corrected chi connectivity index (χ1v) is 2.93. The van der Waals surface area contributed by atoms with E-state index in [-0.39, 0.29) is 1.43 Å². The summed E-state index contributed by atoms with van der Waals surface area (Å²) in [6, 6.07) is 0. The van der Waals surface area contributed by atoms with Crippen LogP contribution in [0.5, 0.6) is 0 Å². The van der Waals surface area contributed by atoms with Crippen LogP contribution in [-0.2, 0) is 0 Å². The van der Waals surface area contributed by atoms with Gasteiger partial charge in [0.05, 0.1) is 0 Å². The largest absolute Gasteiger partial charge is 0.254 e. The van der Waals surface area contributed by atoms with Gasteiger partial charge in [-0.3, -0.25) is 0 Å². The van der Waals surface area contributed by atoms with Gasteiger partial charge in [0.2, 0.25) is 0 Å². The van der Waals surface area contributed by atoms with Gasteiger partial charge in [-0.05, 0) is 6.92 Å². The maximum absolute atomic E-state index is 11.2. The number of hydrogen-bond donors (Lipinski definition) is 0. The summed E-state index contributed by atoms with van der Waals surface area (Å²) in [7, 11) is 0. The summed E-state index contributed by atoms with van der Waals surface area (Å²) in [5.41, 5.74) is 0. The van der Waals surface area contributed by atoms with Crippen LogP contribution in [0.4, 0.5) is 8.78 Å². The maximum Gasteiger partial charge on any atom is 0.254 e. The molecule has 0 radical (unpaired) electrons. The molecule has 0 nitrogen and oxygen atoms in total. The van der Waals surface area contributed by atoms with Gasteiger partial charge in [-0.2, -0.15) is 4.39 Å². The molecule has 0 aromatic carbocycles. The summed E-state index contributed by atoms with van der Waals surface area (Å²) in [6.07, 6.45) is 0.